The van der Waals surface area contributed by atoms with Gasteiger partial charge in [0.25, 0.3) is 0 Å². The van der Waals surface area contributed by atoms with Crippen LogP contribution in [0.2, 0.25) is 5.02 Å². The Hall–Kier alpha value is -0.280. The summed E-state index contributed by atoms with van der Waals surface area (Å²) in [4.78, 5) is 0. The maximum Gasteiger partial charge on any atom is 0.0775 e. The van der Waals surface area contributed by atoms with Crippen LogP contribution in [0, 0.1) is 0 Å². The highest BCUT2D eigenvalue weighted by Gasteiger charge is 2.17. The molecule has 1 atom stereocenters. The minimum atomic E-state index is 0.514. The maximum atomic E-state index is 5.85. The SMILES string of the molecule is Clc1cnnc(C2CCCCS2)c1. The van der Waals surface area contributed by atoms with Crippen molar-refractivity contribution in [3.8, 4) is 0 Å². The van der Waals surface area contributed by atoms with Crippen LogP contribution in [0.15, 0.2) is 12.3 Å². The Bertz CT molecular complexity index is 287. The van der Waals surface area contributed by atoms with Gasteiger partial charge >= 0.3 is 0 Å². The molecule has 70 valence electrons. The minimum absolute atomic E-state index is 0.514. The third-order valence-corrected chi connectivity index (χ3v) is 3.76. The highest BCUT2D eigenvalue weighted by Crippen LogP contribution is 2.37. The second-order valence-electron chi connectivity index (χ2n) is 3.15. The summed E-state index contributed by atoms with van der Waals surface area (Å²) in [5.41, 5.74) is 1.04. The molecule has 4 heteroatoms. The average molecular weight is 215 g/mol. The lowest BCUT2D eigenvalue weighted by Gasteiger charge is -2.19. The molecule has 2 rings (SSSR count). The van der Waals surface area contributed by atoms with Gasteiger partial charge in [-0.15, -0.1) is 0 Å². The quantitative estimate of drug-likeness (QED) is 0.719. The Labute approximate surface area is 87.1 Å². The number of nitrogens with zero attached hydrogens (tertiary/aromatic N) is 2. The van der Waals surface area contributed by atoms with Crippen molar-refractivity contribution in [2.45, 2.75) is 24.5 Å². The molecule has 1 aliphatic rings. The molecule has 0 aromatic carbocycles. The molecule has 13 heavy (non-hydrogen) atoms. The fourth-order valence-electron chi connectivity index (χ4n) is 1.49. The number of rotatable bonds is 1. The first kappa shape index (κ1) is 9.28. The number of hydrogen-bond acceptors (Lipinski definition) is 3. The van der Waals surface area contributed by atoms with E-state index in [0.29, 0.717) is 10.3 Å². The van der Waals surface area contributed by atoms with Crippen molar-refractivity contribution in [3.63, 3.8) is 0 Å². The zero-order chi connectivity index (χ0) is 9.10. The van der Waals surface area contributed by atoms with Gasteiger partial charge in [0.1, 0.15) is 0 Å². The van der Waals surface area contributed by atoms with Crippen LogP contribution in [0.1, 0.15) is 30.2 Å². The van der Waals surface area contributed by atoms with Gasteiger partial charge in [0, 0.05) is 5.25 Å². The van der Waals surface area contributed by atoms with Crippen molar-refractivity contribution in [2.24, 2.45) is 0 Å². The van der Waals surface area contributed by atoms with Crippen molar-refractivity contribution in [1.29, 1.82) is 0 Å². The summed E-state index contributed by atoms with van der Waals surface area (Å²) >= 11 is 7.82. The number of aromatic nitrogens is 2. The lowest BCUT2D eigenvalue weighted by molar-refractivity contribution is 0.668. The Balaban J connectivity index is 2.14. The third-order valence-electron chi connectivity index (χ3n) is 2.15. The average Bonchev–Trinajstić information content (AvgIpc) is 2.19. The Morgan fingerprint density at radius 1 is 1.46 bits per heavy atom. The molecular weight excluding hydrogens is 204 g/mol. The van der Waals surface area contributed by atoms with Crippen LogP contribution in [-0.4, -0.2) is 16.0 Å². The fourth-order valence-corrected chi connectivity index (χ4v) is 2.92. The molecule has 2 nitrogen and oxygen atoms in total. The van der Waals surface area contributed by atoms with Crippen LogP contribution >= 0.6 is 23.4 Å². The van der Waals surface area contributed by atoms with E-state index in [1.54, 1.807) is 6.20 Å². The molecule has 1 aliphatic heterocycles. The number of halogens is 1. The summed E-state index contributed by atoms with van der Waals surface area (Å²) < 4.78 is 0. The molecule has 0 N–H and O–H groups in total. The molecule has 1 aromatic heterocycles. The van der Waals surface area contributed by atoms with E-state index < -0.39 is 0 Å². The molecule has 1 aromatic rings. The predicted octanol–water partition coefficient (Wildman–Crippen LogP) is 3.09. The van der Waals surface area contributed by atoms with E-state index in [9.17, 15) is 0 Å². The van der Waals surface area contributed by atoms with E-state index >= 15 is 0 Å². The molecule has 0 saturated carbocycles. The minimum Gasteiger partial charge on any atom is -0.157 e. The first-order chi connectivity index (χ1) is 6.36. The van der Waals surface area contributed by atoms with Gasteiger partial charge in [0.15, 0.2) is 0 Å². The summed E-state index contributed by atoms with van der Waals surface area (Å²) in [6.45, 7) is 0. The van der Waals surface area contributed by atoms with E-state index in [-0.39, 0.29) is 0 Å². The van der Waals surface area contributed by atoms with Crippen LogP contribution < -0.4 is 0 Å². The van der Waals surface area contributed by atoms with Crippen LogP contribution in [0.4, 0.5) is 0 Å². The lowest BCUT2D eigenvalue weighted by atomic mass is 10.1. The summed E-state index contributed by atoms with van der Waals surface area (Å²) in [6.07, 6.45) is 5.42. The summed E-state index contributed by atoms with van der Waals surface area (Å²) in [7, 11) is 0. The molecule has 2 heterocycles. The third kappa shape index (κ3) is 2.35. The molecule has 0 spiro atoms. The van der Waals surface area contributed by atoms with Gasteiger partial charge in [0.2, 0.25) is 0 Å². The zero-order valence-electron chi connectivity index (χ0n) is 7.24. The van der Waals surface area contributed by atoms with Gasteiger partial charge in [-0.1, -0.05) is 18.0 Å². The highest BCUT2D eigenvalue weighted by molar-refractivity contribution is 7.99. The molecule has 0 amide bonds. The number of thioether (sulfide) groups is 1. The van der Waals surface area contributed by atoms with Gasteiger partial charge in [-0.3, -0.25) is 0 Å². The van der Waals surface area contributed by atoms with Crippen LogP contribution in [-0.2, 0) is 0 Å². The first-order valence-corrected chi connectivity index (χ1v) is 5.88. The van der Waals surface area contributed by atoms with E-state index in [4.69, 9.17) is 11.6 Å². The topological polar surface area (TPSA) is 25.8 Å². The molecule has 0 radical (unpaired) electrons. The standard InChI is InChI=1S/C9H11ClN2S/c10-7-5-8(12-11-6-7)9-3-1-2-4-13-9/h5-6,9H,1-4H2. The van der Waals surface area contributed by atoms with E-state index in [0.717, 1.165) is 5.69 Å². The molecule has 0 aliphatic carbocycles. The summed E-state index contributed by atoms with van der Waals surface area (Å²) in [6, 6.07) is 1.93. The monoisotopic (exact) mass is 214 g/mol. The van der Waals surface area contributed by atoms with Crippen molar-refractivity contribution in [3.05, 3.63) is 23.0 Å². The molecular formula is C9H11ClN2S. The lowest BCUT2D eigenvalue weighted by Crippen LogP contribution is -2.04. The highest BCUT2D eigenvalue weighted by atomic mass is 35.5. The normalized spacial score (nSPS) is 23.0. The van der Waals surface area contributed by atoms with Gasteiger partial charge in [-0.05, 0) is 24.7 Å². The molecule has 1 fully saturated rings. The van der Waals surface area contributed by atoms with Gasteiger partial charge < -0.3 is 0 Å². The summed E-state index contributed by atoms with van der Waals surface area (Å²) in [5.74, 6) is 1.23. The predicted molar refractivity (Wildman–Crippen MR) is 56.1 cm³/mol. The van der Waals surface area contributed by atoms with Crippen LogP contribution in [0.5, 0.6) is 0 Å². The van der Waals surface area contributed by atoms with Gasteiger partial charge in [0.05, 0.1) is 16.9 Å². The van der Waals surface area contributed by atoms with E-state index in [1.807, 2.05) is 17.8 Å². The van der Waals surface area contributed by atoms with Gasteiger partial charge in [-0.25, -0.2) is 0 Å². The molecule has 0 bridgehead atoms. The van der Waals surface area contributed by atoms with E-state index in [2.05, 4.69) is 10.2 Å². The molecule has 1 unspecified atom stereocenters. The molecule has 1 saturated heterocycles. The Morgan fingerprint density at radius 2 is 2.38 bits per heavy atom. The van der Waals surface area contributed by atoms with Crippen LogP contribution in [0.3, 0.4) is 0 Å². The smallest absolute Gasteiger partial charge is 0.0775 e. The van der Waals surface area contributed by atoms with Crippen molar-refractivity contribution in [1.82, 2.24) is 10.2 Å². The van der Waals surface area contributed by atoms with Crippen molar-refractivity contribution in [2.75, 3.05) is 5.75 Å². The van der Waals surface area contributed by atoms with Crippen molar-refractivity contribution >= 4 is 23.4 Å². The van der Waals surface area contributed by atoms with E-state index in [1.165, 1.54) is 25.0 Å². The second kappa shape index (κ2) is 4.29. The fraction of sp³-hybridized carbons (Fsp3) is 0.556. The maximum absolute atomic E-state index is 5.85. The van der Waals surface area contributed by atoms with Crippen molar-refractivity contribution < 1.29 is 0 Å². The second-order valence-corrected chi connectivity index (χ2v) is 4.90. The first-order valence-electron chi connectivity index (χ1n) is 4.46. The number of hydrogen-bond donors (Lipinski definition) is 0. The Kier molecular flexibility index (Phi) is 3.06. The zero-order valence-corrected chi connectivity index (χ0v) is 8.81. The summed E-state index contributed by atoms with van der Waals surface area (Å²) in [5, 5.41) is 9.18. The van der Waals surface area contributed by atoms with Gasteiger partial charge in [-0.2, -0.15) is 22.0 Å². The van der Waals surface area contributed by atoms with Crippen LogP contribution in [0.25, 0.3) is 0 Å². The largest absolute Gasteiger partial charge is 0.157 e. The Morgan fingerprint density at radius 3 is 3.08 bits per heavy atom.